The van der Waals surface area contributed by atoms with E-state index < -0.39 is 0 Å². The number of methoxy groups -OCH3 is 1. The second-order valence-corrected chi connectivity index (χ2v) is 8.88. The summed E-state index contributed by atoms with van der Waals surface area (Å²) >= 11 is 0. The van der Waals surface area contributed by atoms with Crippen molar-refractivity contribution in [3.63, 3.8) is 0 Å². The first-order chi connectivity index (χ1) is 13.5. The third kappa shape index (κ3) is 3.72. The van der Waals surface area contributed by atoms with Crippen LogP contribution >= 0.6 is 0 Å². The summed E-state index contributed by atoms with van der Waals surface area (Å²) in [4.78, 5) is 17.8. The number of carbonyl (C=O) groups is 1. The topological polar surface area (TPSA) is 59.8 Å². The molecule has 1 amide bonds. The molecule has 2 aliphatic heterocycles. The Balaban J connectivity index is 1.48. The highest BCUT2D eigenvalue weighted by Crippen LogP contribution is 2.48. The molecule has 1 aromatic heterocycles. The smallest absolute Gasteiger partial charge is 0.272 e. The normalized spacial score (nSPS) is 31.6. The number of nitrogens with zero attached hydrogens (tertiary/aromatic N) is 4. The summed E-state index contributed by atoms with van der Waals surface area (Å²) in [5.74, 6) is 0.721. The number of amides is 1. The third-order valence-corrected chi connectivity index (χ3v) is 7.15. The van der Waals surface area contributed by atoms with Crippen molar-refractivity contribution in [1.29, 1.82) is 0 Å². The number of carbonyl (C=O) groups excluding carboxylic acids is 1. The van der Waals surface area contributed by atoms with E-state index in [1.54, 1.807) is 11.8 Å². The molecular formula is C21H34N4O3. The molecule has 3 heterocycles. The molecule has 1 saturated carbocycles. The molecule has 0 spiro atoms. The number of rotatable bonds is 4. The summed E-state index contributed by atoms with van der Waals surface area (Å²) in [6.45, 7) is 8.12. The minimum absolute atomic E-state index is 0.0824. The lowest BCUT2D eigenvalue weighted by atomic mass is 9.61. The first-order valence-corrected chi connectivity index (χ1v) is 10.6. The summed E-state index contributed by atoms with van der Waals surface area (Å²) < 4.78 is 12.9. The van der Waals surface area contributed by atoms with Crippen molar-refractivity contribution in [2.75, 3.05) is 53.1 Å². The van der Waals surface area contributed by atoms with Crippen LogP contribution in [0.4, 0.5) is 0 Å². The predicted molar refractivity (Wildman–Crippen MR) is 106 cm³/mol. The Hall–Kier alpha value is -1.44. The van der Waals surface area contributed by atoms with Crippen molar-refractivity contribution >= 4 is 5.91 Å². The van der Waals surface area contributed by atoms with Crippen molar-refractivity contribution in [3.05, 3.63) is 17.5 Å². The molecule has 1 aliphatic carbocycles. The van der Waals surface area contributed by atoms with Gasteiger partial charge in [0.25, 0.3) is 5.91 Å². The van der Waals surface area contributed by atoms with Crippen molar-refractivity contribution in [1.82, 2.24) is 19.6 Å². The van der Waals surface area contributed by atoms with Gasteiger partial charge in [-0.15, -0.1) is 0 Å². The van der Waals surface area contributed by atoms with E-state index in [2.05, 4.69) is 10.00 Å². The van der Waals surface area contributed by atoms with E-state index in [-0.39, 0.29) is 11.3 Å². The van der Waals surface area contributed by atoms with Gasteiger partial charge >= 0.3 is 0 Å². The number of hydrogen-bond acceptors (Lipinski definition) is 5. The van der Waals surface area contributed by atoms with Gasteiger partial charge in [-0.2, -0.15) is 5.10 Å². The highest BCUT2D eigenvalue weighted by Gasteiger charge is 2.49. The van der Waals surface area contributed by atoms with Crippen molar-refractivity contribution in [2.45, 2.75) is 38.6 Å². The third-order valence-electron chi connectivity index (χ3n) is 7.15. The summed E-state index contributed by atoms with van der Waals surface area (Å²) in [5, 5.41) is 4.35. The van der Waals surface area contributed by atoms with Gasteiger partial charge in [0.1, 0.15) is 5.69 Å². The largest absolute Gasteiger partial charge is 0.384 e. The van der Waals surface area contributed by atoms with Gasteiger partial charge < -0.3 is 14.4 Å². The monoisotopic (exact) mass is 390 g/mol. The molecule has 1 aromatic rings. The van der Waals surface area contributed by atoms with Gasteiger partial charge in [0.2, 0.25) is 0 Å². The van der Waals surface area contributed by atoms with E-state index in [0.29, 0.717) is 17.7 Å². The molecule has 0 unspecified atom stereocenters. The van der Waals surface area contributed by atoms with Crippen LogP contribution in [0.15, 0.2) is 6.07 Å². The Morgan fingerprint density at radius 2 is 2.11 bits per heavy atom. The lowest BCUT2D eigenvalue weighted by molar-refractivity contribution is -0.0793. The van der Waals surface area contributed by atoms with Crippen LogP contribution in [0.5, 0.6) is 0 Å². The molecule has 3 fully saturated rings. The van der Waals surface area contributed by atoms with Crippen LogP contribution < -0.4 is 0 Å². The number of aryl methyl sites for hydroxylation is 2. The minimum atomic E-state index is 0.0824. The van der Waals surface area contributed by atoms with Crippen LogP contribution in [-0.4, -0.2) is 84.6 Å². The average Bonchev–Trinajstić information content (AvgIpc) is 3.05. The molecule has 4 rings (SSSR count). The Bertz CT molecular complexity index is 700. The molecule has 3 aliphatic rings. The fourth-order valence-corrected chi connectivity index (χ4v) is 5.70. The van der Waals surface area contributed by atoms with Crippen LogP contribution in [0.2, 0.25) is 0 Å². The molecule has 2 saturated heterocycles. The van der Waals surface area contributed by atoms with E-state index in [9.17, 15) is 4.79 Å². The van der Waals surface area contributed by atoms with Gasteiger partial charge in [-0.05, 0) is 44.6 Å². The first-order valence-electron chi connectivity index (χ1n) is 10.6. The van der Waals surface area contributed by atoms with Crippen LogP contribution in [0, 0.1) is 18.3 Å². The lowest BCUT2D eigenvalue weighted by Gasteiger charge is -2.54. The van der Waals surface area contributed by atoms with Crippen LogP contribution in [-0.2, 0) is 16.5 Å². The Labute approximate surface area is 167 Å². The summed E-state index contributed by atoms with van der Waals surface area (Å²) in [5.41, 5.74) is 1.66. The van der Waals surface area contributed by atoms with Crippen molar-refractivity contribution < 1.29 is 14.3 Å². The van der Waals surface area contributed by atoms with E-state index in [4.69, 9.17) is 9.47 Å². The number of hydrogen-bond donors (Lipinski definition) is 0. The molecule has 7 nitrogen and oxygen atoms in total. The number of likely N-dealkylation sites (tertiary alicyclic amines) is 1. The number of ether oxygens (including phenoxy) is 2. The molecule has 0 radical (unpaired) electrons. The van der Waals surface area contributed by atoms with Gasteiger partial charge in [0, 0.05) is 51.8 Å². The Morgan fingerprint density at radius 1 is 1.32 bits per heavy atom. The highest BCUT2D eigenvalue weighted by atomic mass is 16.5. The zero-order valence-electron chi connectivity index (χ0n) is 17.5. The van der Waals surface area contributed by atoms with Gasteiger partial charge in [-0.3, -0.25) is 14.4 Å². The Morgan fingerprint density at radius 3 is 2.79 bits per heavy atom. The van der Waals surface area contributed by atoms with Crippen molar-refractivity contribution in [3.8, 4) is 0 Å². The Kier molecular flexibility index (Phi) is 5.76. The quantitative estimate of drug-likeness (QED) is 0.783. The number of piperidine rings is 1. The zero-order chi connectivity index (χ0) is 19.7. The van der Waals surface area contributed by atoms with Gasteiger partial charge in [-0.25, -0.2) is 0 Å². The van der Waals surface area contributed by atoms with Crippen LogP contribution in [0.1, 0.15) is 41.9 Å². The standard InChI is InChI=1S/C21H34N4O3/c1-16-12-19(23(2)22-16)20(26)25-7-5-17-13-18(24-8-10-28-11-9-24)4-6-21(17,14-25)15-27-3/h12,17-18H,4-11,13-15H2,1-3H3/t17-,18-,21+/m0/s1. The molecule has 156 valence electrons. The number of fused-ring (bicyclic) bond motifs is 1. The molecule has 0 bridgehead atoms. The van der Waals surface area contributed by atoms with Gasteiger partial charge in [0.05, 0.1) is 25.5 Å². The van der Waals surface area contributed by atoms with Gasteiger partial charge in [0.15, 0.2) is 0 Å². The summed E-state index contributed by atoms with van der Waals surface area (Å²) in [6.07, 6.45) is 4.59. The second kappa shape index (κ2) is 8.13. The summed E-state index contributed by atoms with van der Waals surface area (Å²) in [7, 11) is 3.65. The molecular weight excluding hydrogens is 356 g/mol. The maximum Gasteiger partial charge on any atom is 0.272 e. The van der Waals surface area contributed by atoms with E-state index in [0.717, 1.165) is 64.5 Å². The molecule has 28 heavy (non-hydrogen) atoms. The van der Waals surface area contributed by atoms with Crippen LogP contribution in [0.3, 0.4) is 0 Å². The van der Waals surface area contributed by atoms with Crippen LogP contribution in [0.25, 0.3) is 0 Å². The molecule has 0 aromatic carbocycles. The average molecular weight is 391 g/mol. The highest BCUT2D eigenvalue weighted by molar-refractivity contribution is 5.92. The fraction of sp³-hybridized carbons (Fsp3) is 0.810. The fourth-order valence-electron chi connectivity index (χ4n) is 5.70. The summed E-state index contributed by atoms with van der Waals surface area (Å²) in [6, 6.07) is 2.55. The maximum absolute atomic E-state index is 13.2. The second-order valence-electron chi connectivity index (χ2n) is 8.88. The lowest BCUT2D eigenvalue weighted by Crippen LogP contribution is -2.58. The van der Waals surface area contributed by atoms with E-state index in [1.807, 2.05) is 24.9 Å². The maximum atomic E-state index is 13.2. The van der Waals surface area contributed by atoms with Gasteiger partial charge in [-0.1, -0.05) is 0 Å². The first kappa shape index (κ1) is 19.9. The SMILES string of the molecule is COC[C@]12CC[C@H](N3CCOCC3)C[C@@H]1CCN(C(=O)c1cc(C)nn1C)C2. The molecule has 7 heteroatoms. The minimum Gasteiger partial charge on any atom is -0.384 e. The van der Waals surface area contributed by atoms with E-state index >= 15 is 0 Å². The number of aromatic nitrogens is 2. The van der Waals surface area contributed by atoms with Crippen molar-refractivity contribution in [2.24, 2.45) is 18.4 Å². The molecule has 0 N–H and O–H groups in total. The predicted octanol–water partition coefficient (Wildman–Crippen LogP) is 1.71. The zero-order valence-corrected chi connectivity index (χ0v) is 17.5. The molecule has 3 atom stereocenters. The van der Waals surface area contributed by atoms with E-state index in [1.165, 1.54) is 12.8 Å². The number of morpholine rings is 1.